The molecule has 39 heavy (non-hydrogen) atoms. The van der Waals surface area contributed by atoms with Crippen molar-refractivity contribution in [2.75, 3.05) is 5.32 Å². The second kappa shape index (κ2) is 9.80. The first kappa shape index (κ1) is 26.3. The zero-order chi connectivity index (χ0) is 28.1. The Kier molecular flexibility index (Phi) is 6.62. The Morgan fingerprint density at radius 1 is 1.08 bits per heavy atom. The van der Waals surface area contributed by atoms with Gasteiger partial charge in [-0.15, -0.1) is 0 Å². The summed E-state index contributed by atoms with van der Waals surface area (Å²) in [7, 11) is 0. The van der Waals surface area contributed by atoms with Crippen LogP contribution in [-0.4, -0.2) is 16.8 Å². The highest BCUT2D eigenvalue weighted by Crippen LogP contribution is 2.46. The van der Waals surface area contributed by atoms with Gasteiger partial charge >= 0.3 is 6.18 Å². The number of pyridine rings is 1. The van der Waals surface area contributed by atoms with E-state index in [1.54, 1.807) is 12.1 Å². The van der Waals surface area contributed by atoms with Crippen LogP contribution in [-0.2, 0) is 17.4 Å². The number of aryl methyl sites for hydroxylation is 1. The van der Waals surface area contributed by atoms with Gasteiger partial charge in [0.1, 0.15) is 17.3 Å². The minimum Gasteiger partial charge on any atom is -0.364 e. The summed E-state index contributed by atoms with van der Waals surface area (Å²) in [5.41, 5.74) is 0.0599. The summed E-state index contributed by atoms with van der Waals surface area (Å²) in [6.45, 7) is 1.88. The summed E-state index contributed by atoms with van der Waals surface area (Å²) >= 11 is 6.36. The number of hydrogen-bond donors (Lipinski definition) is 2. The van der Waals surface area contributed by atoms with Crippen LogP contribution >= 0.6 is 11.6 Å². The van der Waals surface area contributed by atoms with Crippen molar-refractivity contribution < 1.29 is 31.5 Å². The lowest BCUT2D eigenvalue weighted by Gasteiger charge is -2.19. The molecule has 0 spiro atoms. The van der Waals surface area contributed by atoms with Gasteiger partial charge in [0.05, 0.1) is 17.1 Å². The van der Waals surface area contributed by atoms with Crippen LogP contribution in [0.1, 0.15) is 51.3 Å². The third-order valence-corrected chi connectivity index (χ3v) is 6.73. The van der Waals surface area contributed by atoms with Gasteiger partial charge in [-0.2, -0.15) is 13.2 Å². The standard InChI is InChI=1S/C28H17ClF5N3O2/c1-2-17-4-5-18-21(35-17)11-22(37-27(39)13-7-14(28(32,33)34)9-16(31)8-13)25-24(18)23(12-38)36-26(25)19-10-15(30)3-6-20(19)29/h3-11,26,36H,2H2,1H3,(H,37,39). The molecule has 1 aliphatic rings. The normalized spacial score (nSPS) is 14.6. The van der Waals surface area contributed by atoms with Crippen LogP contribution < -0.4 is 10.6 Å². The lowest BCUT2D eigenvalue weighted by molar-refractivity contribution is -0.137. The Balaban J connectivity index is 1.73. The summed E-state index contributed by atoms with van der Waals surface area (Å²) in [4.78, 5) is 29.7. The molecule has 1 aliphatic heterocycles. The Hall–Kier alpha value is -4.27. The maximum Gasteiger partial charge on any atom is 0.416 e. The molecule has 0 fully saturated rings. The van der Waals surface area contributed by atoms with Crippen molar-refractivity contribution in [3.05, 3.63) is 105 Å². The topological polar surface area (TPSA) is 71.1 Å². The van der Waals surface area contributed by atoms with Gasteiger partial charge in [-0.3, -0.25) is 9.78 Å². The van der Waals surface area contributed by atoms with Crippen LogP contribution in [0, 0.1) is 11.6 Å². The number of halogens is 6. The van der Waals surface area contributed by atoms with Crippen molar-refractivity contribution in [2.45, 2.75) is 25.6 Å². The second-order valence-corrected chi connectivity index (χ2v) is 9.24. The molecule has 1 atom stereocenters. The van der Waals surface area contributed by atoms with E-state index in [-0.39, 0.29) is 28.0 Å². The zero-order valence-corrected chi connectivity index (χ0v) is 20.8. The number of carbonyl (C=O) groups is 1. The summed E-state index contributed by atoms with van der Waals surface area (Å²) in [6.07, 6.45) is -4.30. The molecule has 4 aromatic rings. The molecule has 1 amide bonds. The van der Waals surface area contributed by atoms with Crippen LogP contribution in [0.3, 0.4) is 0 Å². The third kappa shape index (κ3) is 4.84. The van der Waals surface area contributed by atoms with E-state index in [1.165, 1.54) is 12.1 Å². The second-order valence-electron chi connectivity index (χ2n) is 8.84. The first-order valence-electron chi connectivity index (χ1n) is 11.6. The van der Waals surface area contributed by atoms with Gasteiger partial charge < -0.3 is 10.6 Å². The smallest absolute Gasteiger partial charge is 0.364 e. The zero-order valence-electron chi connectivity index (χ0n) is 20.0. The number of fused-ring (bicyclic) bond motifs is 3. The number of amides is 1. The van der Waals surface area contributed by atoms with E-state index in [9.17, 15) is 31.5 Å². The van der Waals surface area contributed by atoms with E-state index in [1.807, 2.05) is 12.9 Å². The largest absolute Gasteiger partial charge is 0.416 e. The van der Waals surface area contributed by atoms with Crippen molar-refractivity contribution in [3.8, 4) is 0 Å². The Morgan fingerprint density at radius 3 is 2.54 bits per heavy atom. The molecule has 0 bridgehead atoms. The van der Waals surface area contributed by atoms with E-state index in [4.69, 9.17) is 11.6 Å². The van der Waals surface area contributed by atoms with Crippen LogP contribution in [0.2, 0.25) is 5.02 Å². The first-order valence-corrected chi connectivity index (χ1v) is 12.0. The average molecular weight is 558 g/mol. The van der Waals surface area contributed by atoms with Crippen molar-refractivity contribution >= 4 is 45.7 Å². The van der Waals surface area contributed by atoms with Crippen LogP contribution in [0.25, 0.3) is 16.6 Å². The van der Waals surface area contributed by atoms with Crippen LogP contribution in [0.15, 0.2) is 54.6 Å². The number of anilines is 1. The Labute approximate surface area is 223 Å². The number of nitrogens with zero attached hydrogens (tertiary/aromatic N) is 1. The maximum absolute atomic E-state index is 14.2. The van der Waals surface area contributed by atoms with Crippen LogP contribution in [0.4, 0.5) is 27.6 Å². The highest BCUT2D eigenvalue weighted by molar-refractivity contribution is 6.31. The van der Waals surface area contributed by atoms with E-state index in [0.717, 1.165) is 12.1 Å². The van der Waals surface area contributed by atoms with Gasteiger partial charge in [0.15, 0.2) is 5.94 Å². The molecule has 11 heteroatoms. The first-order chi connectivity index (χ1) is 18.5. The highest BCUT2D eigenvalue weighted by atomic mass is 35.5. The molecule has 2 heterocycles. The molecular formula is C28H17ClF5N3O2. The molecule has 198 valence electrons. The summed E-state index contributed by atoms with van der Waals surface area (Å²) in [6, 6.07) is 9.18. The highest BCUT2D eigenvalue weighted by Gasteiger charge is 2.36. The molecule has 0 radical (unpaired) electrons. The van der Waals surface area contributed by atoms with Gasteiger partial charge in [-0.1, -0.05) is 24.6 Å². The molecule has 1 aromatic heterocycles. The summed E-state index contributed by atoms with van der Waals surface area (Å²) in [5, 5.41) is 6.17. The molecule has 3 aromatic carbocycles. The van der Waals surface area contributed by atoms with E-state index in [0.29, 0.717) is 46.3 Å². The molecule has 5 nitrogen and oxygen atoms in total. The third-order valence-electron chi connectivity index (χ3n) is 6.39. The Bertz CT molecular complexity index is 1710. The summed E-state index contributed by atoms with van der Waals surface area (Å²) in [5.74, 6) is -1.07. The van der Waals surface area contributed by atoms with E-state index < -0.39 is 40.9 Å². The number of aromatic nitrogens is 1. The maximum atomic E-state index is 14.2. The minimum absolute atomic E-state index is 0.00686. The number of nitrogens with one attached hydrogen (secondary N) is 2. The van der Waals surface area contributed by atoms with Crippen molar-refractivity contribution in [2.24, 2.45) is 0 Å². The molecule has 0 aliphatic carbocycles. The number of alkyl halides is 3. The monoisotopic (exact) mass is 557 g/mol. The van der Waals surface area contributed by atoms with Gasteiger partial charge in [0.2, 0.25) is 0 Å². The van der Waals surface area contributed by atoms with Gasteiger partial charge in [-0.05, 0) is 55.0 Å². The SMILES string of the molecule is CCc1ccc2c3c(c(NC(=O)c4cc(F)cc(C(F)(F)F)c4)cc2n1)C(c1cc(F)ccc1Cl)NC3=C=O. The van der Waals surface area contributed by atoms with Gasteiger partial charge in [0, 0.05) is 44.0 Å². The number of rotatable bonds is 4. The van der Waals surface area contributed by atoms with Crippen LogP contribution in [0.5, 0.6) is 0 Å². The van der Waals surface area contributed by atoms with Gasteiger partial charge in [-0.25, -0.2) is 13.6 Å². The molecule has 0 saturated heterocycles. The number of hydrogen-bond acceptors (Lipinski definition) is 4. The summed E-state index contributed by atoms with van der Waals surface area (Å²) < 4.78 is 68.0. The molecule has 1 unspecified atom stereocenters. The average Bonchev–Trinajstić information content (AvgIpc) is 3.29. The fourth-order valence-electron chi connectivity index (χ4n) is 4.62. The number of carbonyl (C=O) groups excluding carboxylic acids is 2. The quantitative estimate of drug-likeness (QED) is 0.212. The number of benzene rings is 3. The lowest BCUT2D eigenvalue weighted by Crippen LogP contribution is -2.18. The predicted molar refractivity (Wildman–Crippen MR) is 136 cm³/mol. The van der Waals surface area contributed by atoms with Crippen molar-refractivity contribution in [1.29, 1.82) is 0 Å². The molecule has 5 rings (SSSR count). The minimum atomic E-state index is -4.88. The molecule has 2 N–H and O–H groups in total. The fraction of sp³-hybridized carbons (Fsp3) is 0.143. The molecular weight excluding hydrogens is 541 g/mol. The van der Waals surface area contributed by atoms with E-state index >= 15 is 0 Å². The van der Waals surface area contributed by atoms with E-state index in [2.05, 4.69) is 15.6 Å². The predicted octanol–water partition coefficient (Wildman–Crippen LogP) is 6.87. The lowest BCUT2D eigenvalue weighted by atomic mass is 9.93. The van der Waals surface area contributed by atoms with Crippen molar-refractivity contribution in [3.63, 3.8) is 0 Å². The fourth-order valence-corrected chi connectivity index (χ4v) is 4.85. The molecule has 0 saturated carbocycles. The Morgan fingerprint density at radius 2 is 1.85 bits per heavy atom. The van der Waals surface area contributed by atoms with Gasteiger partial charge in [0.25, 0.3) is 5.91 Å². The van der Waals surface area contributed by atoms with Crippen molar-refractivity contribution in [1.82, 2.24) is 10.3 Å².